The van der Waals surface area contributed by atoms with Gasteiger partial charge in [0.1, 0.15) is 0 Å². The highest BCUT2D eigenvalue weighted by Gasteiger charge is 2.51. The lowest BCUT2D eigenvalue weighted by atomic mass is 9.71. The Kier molecular flexibility index (Phi) is 3.44. The molecule has 2 aliphatic rings. The first-order chi connectivity index (χ1) is 6.55. The number of nitrogens with zero attached hydrogens (tertiary/aromatic N) is 2. The van der Waals surface area contributed by atoms with Crippen molar-refractivity contribution >= 4 is 5.91 Å². The molecule has 0 bridgehead atoms. The maximum Gasteiger partial charge on any atom is 0.230 e. The number of β-lactam (4-membered cyclic amide) rings is 1. The smallest absolute Gasteiger partial charge is 0.230 e. The minimum absolute atomic E-state index is 0. The fourth-order valence-electron chi connectivity index (χ4n) is 2.75. The summed E-state index contributed by atoms with van der Waals surface area (Å²) in [6, 6.07) is 0.625. The van der Waals surface area contributed by atoms with E-state index < -0.39 is 0 Å². The molecule has 0 aromatic carbocycles. The Labute approximate surface area is 93.4 Å². The SMILES string of the molecule is C.CC(C)N1CCC2(CC1)CN(C)C2=O. The van der Waals surface area contributed by atoms with E-state index in [1.165, 1.54) is 0 Å². The monoisotopic (exact) mass is 212 g/mol. The van der Waals surface area contributed by atoms with Gasteiger partial charge in [0.2, 0.25) is 5.91 Å². The lowest BCUT2D eigenvalue weighted by Crippen LogP contribution is -2.63. The van der Waals surface area contributed by atoms with E-state index in [9.17, 15) is 4.79 Å². The summed E-state index contributed by atoms with van der Waals surface area (Å²) >= 11 is 0. The van der Waals surface area contributed by atoms with Crippen LogP contribution in [0.5, 0.6) is 0 Å². The van der Waals surface area contributed by atoms with Gasteiger partial charge >= 0.3 is 0 Å². The summed E-state index contributed by atoms with van der Waals surface area (Å²) in [7, 11) is 1.91. The number of carbonyl (C=O) groups excluding carboxylic acids is 1. The van der Waals surface area contributed by atoms with Crippen molar-refractivity contribution in [1.29, 1.82) is 0 Å². The molecule has 15 heavy (non-hydrogen) atoms. The topological polar surface area (TPSA) is 23.6 Å². The van der Waals surface area contributed by atoms with Gasteiger partial charge < -0.3 is 9.80 Å². The molecular formula is C12H24N2O. The summed E-state index contributed by atoms with van der Waals surface area (Å²) < 4.78 is 0. The summed E-state index contributed by atoms with van der Waals surface area (Å²) in [6.45, 7) is 7.63. The molecule has 0 saturated carbocycles. The second-order valence-corrected chi connectivity index (χ2v) is 5.07. The largest absolute Gasteiger partial charge is 0.344 e. The molecule has 0 aromatic heterocycles. The van der Waals surface area contributed by atoms with Gasteiger partial charge in [-0.05, 0) is 39.8 Å². The zero-order chi connectivity index (χ0) is 10.3. The van der Waals surface area contributed by atoms with Crippen molar-refractivity contribution in [2.24, 2.45) is 5.41 Å². The normalized spacial score (nSPS) is 25.3. The molecule has 2 heterocycles. The van der Waals surface area contributed by atoms with Gasteiger partial charge in [-0.25, -0.2) is 0 Å². The zero-order valence-electron chi connectivity index (χ0n) is 9.42. The average Bonchev–Trinajstić information content (AvgIpc) is 2.18. The van der Waals surface area contributed by atoms with Crippen LogP contribution in [0.25, 0.3) is 0 Å². The van der Waals surface area contributed by atoms with Gasteiger partial charge in [0.05, 0.1) is 5.41 Å². The maximum absolute atomic E-state index is 11.7. The number of hydrogen-bond acceptors (Lipinski definition) is 2. The number of amides is 1. The van der Waals surface area contributed by atoms with Gasteiger partial charge in [-0.2, -0.15) is 0 Å². The van der Waals surface area contributed by atoms with Gasteiger partial charge in [-0.3, -0.25) is 4.79 Å². The Morgan fingerprint density at radius 2 is 1.80 bits per heavy atom. The summed E-state index contributed by atoms with van der Waals surface area (Å²) in [4.78, 5) is 16.0. The van der Waals surface area contributed by atoms with Crippen LogP contribution in [0.3, 0.4) is 0 Å². The van der Waals surface area contributed by atoms with Gasteiger partial charge in [0, 0.05) is 19.6 Å². The first-order valence-corrected chi connectivity index (χ1v) is 5.55. The third-order valence-corrected chi connectivity index (χ3v) is 3.83. The van der Waals surface area contributed by atoms with E-state index >= 15 is 0 Å². The van der Waals surface area contributed by atoms with Gasteiger partial charge in [0.15, 0.2) is 0 Å². The lowest BCUT2D eigenvalue weighted by Gasteiger charge is -2.51. The molecule has 0 aromatic rings. The van der Waals surface area contributed by atoms with Crippen LogP contribution in [0.15, 0.2) is 0 Å². The number of rotatable bonds is 1. The van der Waals surface area contributed by atoms with E-state index in [-0.39, 0.29) is 12.8 Å². The predicted molar refractivity (Wildman–Crippen MR) is 62.7 cm³/mol. The predicted octanol–water partition coefficient (Wildman–Crippen LogP) is 1.59. The zero-order valence-corrected chi connectivity index (χ0v) is 9.42. The van der Waals surface area contributed by atoms with Crippen LogP contribution in [0.2, 0.25) is 0 Å². The van der Waals surface area contributed by atoms with Crippen LogP contribution < -0.4 is 0 Å². The highest BCUT2D eigenvalue weighted by molar-refractivity contribution is 5.88. The minimum Gasteiger partial charge on any atom is -0.344 e. The molecular weight excluding hydrogens is 188 g/mol. The molecule has 2 saturated heterocycles. The molecule has 2 aliphatic heterocycles. The second kappa shape index (κ2) is 4.12. The number of likely N-dealkylation sites (tertiary alicyclic amines) is 2. The summed E-state index contributed by atoms with van der Waals surface area (Å²) in [5.74, 6) is 0.376. The second-order valence-electron chi connectivity index (χ2n) is 5.07. The molecule has 0 unspecified atom stereocenters. The number of carbonyl (C=O) groups is 1. The highest BCUT2D eigenvalue weighted by Crippen LogP contribution is 2.41. The van der Waals surface area contributed by atoms with E-state index in [1.807, 2.05) is 11.9 Å². The van der Waals surface area contributed by atoms with E-state index in [0.29, 0.717) is 11.9 Å². The fraction of sp³-hybridized carbons (Fsp3) is 0.917. The standard InChI is InChI=1S/C11H20N2O.CH4/c1-9(2)13-6-4-11(5-7-13)8-12(3)10(11)14;/h9H,4-8H2,1-3H3;1H4. The van der Waals surface area contributed by atoms with Gasteiger partial charge in [0.25, 0.3) is 0 Å². The van der Waals surface area contributed by atoms with Crippen molar-refractivity contribution in [2.45, 2.75) is 40.2 Å². The van der Waals surface area contributed by atoms with E-state index in [1.54, 1.807) is 0 Å². The first kappa shape index (κ1) is 12.5. The van der Waals surface area contributed by atoms with Crippen LogP contribution in [-0.4, -0.2) is 48.4 Å². The van der Waals surface area contributed by atoms with Crippen molar-refractivity contribution in [3.63, 3.8) is 0 Å². The van der Waals surface area contributed by atoms with Crippen LogP contribution in [0.4, 0.5) is 0 Å². The number of piperidine rings is 1. The molecule has 88 valence electrons. The molecule has 3 nitrogen and oxygen atoms in total. The molecule has 0 aliphatic carbocycles. The Morgan fingerprint density at radius 3 is 2.13 bits per heavy atom. The minimum atomic E-state index is 0. The van der Waals surface area contributed by atoms with Crippen LogP contribution >= 0.6 is 0 Å². The third kappa shape index (κ3) is 1.89. The summed E-state index contributed by atoms with van der Waals surface area (Å²) in [5.41, 5.74) is 0.0418. The Bertz CT molecular complexity index is 242. The Hall–Kier alpha value is -0.570. The van der Waals surface area contributed by atoms with Crippen molar-refractivity contribution < 1.29 is 4.79 Å². The van der Waals surface area contributed by atoms with E-state index in [2.05, 4.69) is 18.7 Å². The summed E-state index contributed by atoms with van der Waals surface area (Å²) in [6.07, 6.45) is 2.13. The quantitative estimate of drug-likeness (QED) is 0.616. The first-order valence-electron chi connectivity index (χ1n) is 5.55. The van der Waals surface area contributed by atoms with Gasteiger partial charge in [-0.15, -0.1) is 0 Å². The third-order valence-electron chi connectivity index (χ3n) is 3.83. The van der Waals surface area contributed by atoms with Crippen molar-refractivity contribution in [3.05, 3.63) is 0 Å². The van der Waals surface area contributed by atoms with Crippen molar-refractivity contribution in [1.82, 2.24) is 9.80 Å². The Balaban J connectivity index is 0.00000112. The maximum atomic E-state index is 11.7. The lowest BCUT2D eigenvalue weighted by molar-refractivity contribution is -0.162. The average molecular weight is 212 g/mol. The van der Waals surface area contributed by atoms with Crippen molar-refractivity contribution in [3.8, 4) is 0 Å². The molecule has 0 radical (unpaired) electrons. The molecule has 3 heteroatoms. The molecule has 0 N–H and O–H groups in total. The van der Waals surface area contributed by atoms with Crippen molar-refractivity contribution in [2.75, 3.05) is 26.7 Å². The van der Waals surface area contributed by atoms with E-state index in [4.69, 9.17) is 0 Å². The van der Waals surface area contributed by atoms with Gasteiger partial charge in [-0.1, -0.05) is 7.43 Å². The van der Waals surface area contributed by atoms with Crippen LogP contribution in [0.1, 0.15) is 34.1 Å². The Morgan fingerprint density at radius 1 is 1.27 bits per heavy atom. The van der Waals surface area contributed by atoms with Crippen LogP contribution in [0, 0.1) is 5.41 Å². The van der Waals surface area contributed by atoms with Crippen LogP contribution in [-0.2, 0) is 4.79 Å². The fourth-order valence-corrected chi connectivity index (χ4v) is 2.75. The van der Waals surface area contributed by atoms with E-state index in [0.717, 1.165) is 32.5 Å². The highest BCUT2D eigenvalue weighted by atomic mass is 16.2. The molecule has 2 fully saturated rings. The molecule has 1 spiro atoms. The molecule has 1 amide bonds. The summed E-state index contributed by atoms with van der Waals surface area (Å²) in [5, 5.41) is 0. The number of hydrogen-bond donors (Lipinski definition) is 0. The molecule has 0 atom stereocenters. The molecule has 2 rings (SSSR count).